The number of aryl methyl sites for hydroxylation is 1. The number of ether oxygens (including phenoxy) is 1. The molecule has 2 heterocycles. The average molecular weight is 322 g/mol. The van der Waals surface area contributed by atoms with Gasteiger partial charge < -0.3 is 19.4 Å². The number of carbonyl (C=O) groups excluding carboxylic acids is 1. The highest BCUT2D eigenvalue weighted by Gasteiger charge is 2.29. The van der Waals surface area contributed by atoms with Gasteiger partial charge in [0.1, 0.15) is 17.1 Å². The van der Waals surface area contributed by atoms with Crippen molar-refractivity contribution >= 4 is 6.09 Å². The number of carbonyl (C=O) groups is 1. The molecule has 0 aromatic carbocycles. The summed E-state index contributed by atoms with van der Waals surface area (Å²) in [6.45, 7) is 12.3. The molecule has 0 radical (unpaired) electrons. The summed E-state index contributed by atoms with van der Waals surface area (Å²) in [5.74, 6) is 2.46. The first kappa shape index (κ1) is 17.9. The molecule has 2 unspecified atom stereocenters. The molecule has 0 spiro atoms. The molecular weight excluding hydrogens is 292 g/mol. The van der Waals surface area contributed by atoms with Crippen molar-refractivity contribution < 1.29 is 13.9 Å². The van der Waals surface area contributed by atoms with E-state index < -0.39 is 5.60 Å². The Morgan fingerprint density at radius 3 is 2.83 bits per heavy atom. The molecule has 1 aliphatic rings. The molecule has 23 heavy (non-hydrogen) atoms. The van der Waals surface area contributed by atoms with Crippen molar-refractivity contribution in [2.75, 3.05) is 19.6 Å². The van der Waals surface area contributed by atoms with E-state index in [2.05, 4.69) is 12.2 Å². The van der Waals surface area contributed by atoms with Crippen molar-refractivity contribution in [2.45, 2.75) is 59.1 Å². The SMILES string of the molecule is Cc1ccc(C(C)NCCC2CCN(C(=O)OC(C)(C)C)C2)o1. The van der Waals surface area contributed by atoms with Crippen LogP contribution in [0.5, 0.6) is 0 Å². The van der Waals surface area contributed by atoms with E-state index in [0.29, 0.717) is 5.92 Å². The molecule has 1 N–H and O–H groups in total. The molecule has 1 aromatic rings. The molecule has 2 atom stereocenters. The van der Waals surface area contributed by atoms with Gasteiger partial charge in [-0.25, -0.2) is 4.79 Å². The lowest BCUT2D eigenvalue weighted by atomic mass is 10.1. The summed E-state index contributed by atoms with van der Waals surface area (Å²) in [5.41, 5.74) is -0.423. The number of nitrogens with zero attached hydrogens (tertiary/aromatic N) is 1. The van der Waals surface area contributed by atoms with Crippen molar-refractivity contribution in [2.24, 2.45) is 5.92 Å². The van der Waals surface area contributed by atoms with Gasteiger partial charge in [-0.1, -0.05) is 0 Å². The van der Waals surface area contributed by atoms with Crippen molar-refractivity contribution in [1.82, 2.24) is 10.2 Å². The number of hydrogen-bond donors (Lipinski definition) is 1. The van der Waals surface area contributed by atoms with E-state index in [1.165, 1.54) is 0 Å². The number of hydrogen-bond acceptors (Lipinski definition) is 4. The third-order valence-electron chi connectivity index (χ3n) is 4.13. The third kappa shape index (κ3) is 5.57. The lowest BCUT2D eigenvalue weighted by Gasteiger charge is -2.24. The van der Waals surface area contributed by atoms with Crippen LogP contribution in [-0.4, -0.2) is 36.2 Å². The van der Waals surface area contributed by atoms with Crippen molar-refractivity contribution in [3.05, 3.63) is 23.7 Å². The van der Waals surface area contributed by atoms with Crippen molar-refractivity contribution in [3.8, 4) is 0 Å². The summed E-state index contributed by atoms with van der Waals surface area (Å²) in [4.78, 5) is 13.9. The predicted molar refractivity (Wildman–Crippen MR) is 90.4 cm³/mol. The average Bonchev–Trinajstić information content (AvgIpc) is 3.05. The lowest BCUT2D eigenvalue weighted by molar-refractivity contribution is 0.0287. The van der Waals surface area contributed by atoms with Gasteiger partial charge in [0.25, 0.3) is 0 Å². The van der Waals surface area contributed by atoms with E-state index in [1.807, 2.05) is 44.7 Å². The Kier molecular flexibility index (Phi) is 5.74. The van der Waals surface area contributed by atoms with Crippen LogP contribution in [0.15, 0.2) is 16.5 Å². The largest absolute Gasteiger partial charge is 0.465 e. The van der Waals surface area contributed by atoms with Crippen LogP contribution in [0.4, 0.5) is 4.79 Å². The standard InChI is InChI=1S/C18H30N2O3/c1-13-6-7-16(22-13)14(2)19-10-8-15-9-11-20(12-15)17(21)23-18(3,4)5/h6-7,14-15,19H,8-12H2,1-5H3. The molecule has 5 heteroatoms. The van der Waals surface area contributed by atoms with Gasteiger partial charge in [0.05, 0.1) is 6.04 Å². The second-order valence-electron chi connectivity index (χ2n) is 7.49. The fraction of sp³-hybridized carbons (Fsp3) is 0.722. The number of likely N-dealkylation sites (tertiary alicyclic amines) is 1. The van der Waals surface area contributed by atoms with Crippen LogP contribution in [0.1, 0.15) is 58.1 Å². The summed E-state index contributed by atoms with van der Waals surface area (Å²) >= 11 is 0. The van der Waals surface area contributed by atoms with Crippen LogP contribution in [-0.2, 0) is 4.74 Å². The summed E-state index contributed by atoms with van der Waals surface area (Å²) in [6.07, 6.45) is 1.92. The van der Waals surface area contributed by atoms with E-state index in [4.69, 9.17) is 9.15 Å². The number of rotatable bonds is 5. The van der Waals surface area contributed by atoms with Gasteiger partial charge in [-0.15, -0.1) is 0 Å². The fourth-order valence-corrected chi connectivity index (χ4v) is 2.85. The zero-order valence-corrected chi connectivity index (χ0v) is 15.0. The van der Waals surface area contributed by atoms with Gasteiger partial charge in [-0.3, -0.25) is 0 Å². The normalized spacial score (nSPS) is 19.9. The first-order valence-electron chi connectivity index (χ1n) is 8.52. The summed E-state index contributed by atoms with van der Waals surface area (Å²) in [6, 6.07) is 4.22. The molecule has 0 aliphatic carbocycles. The monoisotopic (exact) mass is 322 g/mol. The van der Waals surface area contributed by atoms with Gasteiger partial charge in [0, 0.05) is 13.1 Å². The summed E-state index contributed by atoms with van der Waals surface area (Å²) < 4.78 is 11.1. The molecule has 1 fully saturated rings. The molecule has 2 rings (SSSR count). The Morgan fingerprint density at radius 1 is 1.48 bits per heavy atom. The summed E-state index contributed by atoms with van der Waals surface area (Å²) in [5, 5.41) is 3.49. The lowest BCUT2D eigenvalue weighted by Crippen LogP contribution is -2.35. The van der Waals surface area contributed by atoms with E-state index in [1.54, 1.807) is 0 Å². The second kappa shape index (κ2) is 7.39. The van der Waals surface area contributed by atoms with Crippen LogP contribution in [0.2, 0.25) is 0 Å². The van der Waals surface area contributed by atoms with Crippen molar-refractivity contribution in [1.29, 1.82) is 0 Å². The molecule has 5 nitrogen and oxygen atoms in total. The maximum Gasteiger partial charge on any atom is 0.410 e. The van der Waals surface area contributed by atoms with Crippen LogP contribution in [0.3, 0.4) is 0 Å². The Bertz CT molecular complexity index is 519. The maximum atomic E-state index is 12.1. The molecule has 0 bridgehead atoms. The van der Waals surface area contributed by atoms with E-state index in [-0.39, 0.29) is 12.1 Å². The topological polar surface area (TPSA) is 54.7 Å². The zero-order valence-electron chi connectivity index (χ0n) is 15.0. The first-order chi connectivity index (χ1) is 10.7. The molecule has 1 aliphatic heterocycles. The molecule has 1 saturated heterocycles. The minimum absolute atomic E-state index is 0.188. The highest BCUT2D eigenvalue weighted by molar-refractivity contribution is 5.68. The van der Waals surface area contributed by atoms with Gasteiger partial charge >= 0.3 is 6.09 Å². The Morgan fingerprint density at radius 2 is 2.22 bits per heavy atom. The smallest absolute Gasteiger partial charge is 0.410 e. The third-order valence-corrected chi connectivity index (χ3v) is 4.13. The number of amides is 1. The predicted octanol–water partition coefficient (Wildman–Crippen LogP) is 3.89. The Hall–Kier alpha value is -1.49. The molecular formula is C18H30N2O3. The fourth-order valence-electron chi connectivity index (χ4n) is 2.85. The maximum absolute atomic E-state index is 12.1. The minimum atomic E-state index is -0.423. The van der Waals surface area contributed by atoms with E-state index in [9.17, 15) is 4.79 Å². The molecule has 1 aromatic heterocycles. The second-order valence-corrected chi connectivity index (χ2v) is 7.49. The minimum Gasteiger partial charge on any atom is -0.465 e. The highest BCUT2D eigenvalue weighted by Crippen LogP contribution is 2.22. The van der Waals surface area contributed by atoms with E-state index in [0.717, 1.165) is 44.0 Å². The molecule has 130 valence electrons. The van der Waals surface area contributed by atoms with Gasteiger partial charge in [-0.05, 0) is 72.1 Å². The van der Waals surface area contributed by atoms with Crippen LogP contribution < -0.4 is 5.32 Å². The number of nitrogens with one attached hydrogen (secondary N) is 1. The van der Waals surface area contributed by atoms with Crippen molar-refractivity contribution in [3.63, 3.8) is 0 Å². The summed E-state index contributed by atoms with van der Waals surface area (Å²) in [7, 11) is 0. The first-order valence-corrected chi connectivity index (χ1v) is 8.52. The van der Waals surface area contributed by atoms with Gasteiger partial charge in [0.2, 0.25) is 0 Å². The number of furan rings is 1. The molecule has 1 amide bonds. The van der Waals surface area contributed by atoms with Crippen LogP contribution >= 0.6 is 0 Å². The molecule has 0 saturated carbocycles. The van der Waals surface area contributed by atoms with E-state index >= 15 is 0 Å². The zero-order chi connectivity index (χ0) is 17.0. The quantitative estimate of drug-likeness (QED) is 0.893. The Balaban J connectivity index is 1.69. The van der Waals surface area contributed by atoms with Crippen LogP contribution in [0, 0.1) is 12.8 Å². The van der Waals surface area contributed by atoms with Gasteiger partial charge in [-0.2, -0.15) is 0 Å². The van der Waals surface area contributed by atoms with Crippen LogP contribution in [0.25, 0.3) is 0 Å². The highest BCUT2D eigenvalue weighted by atomic mass is 16.6. The Labute approximate surface area is 139 Å². The van der Waals surface area contributed by atoms with Gasteiger partial charge in [0.15, 0.2) is 0 Å².